The van der Waals surface area contributed by atoms with Crippen LogP contribution < -0.4 is 5.46 Å². The monoisotopic (exact) mass is 1280 g/mol. The van der Waals surface area contributed by atoms with E-state index in [1.165, 1.54) is 50.1 Å². The average Bonchev–Trinajstić information content (AvgIpc) is 4.40. The molecule has 0 unspecified atom stereocenters. The van der Waals surface area contributed by atoms with Gasteiger partial charge < -0.3 is 14.6 Å². The molecule has 0 fully saturated rings. The number of hydrogen-bond donors (Lipinski definition) is 2. The fourth-order valence-electron chi connectivity index (χ4n) is 10.7. The molecule has 0 aliphatic carbocycles. The van der Waals surface area contributed by atoms with Crippen LogP contribution in [0, 0.1) is 19.9 Å². The van der Waals surface area contributed by atoms with E-state index in [4.69, 9.17) is 30.4 Å². The van der Waals surface area contributed by atoms with Crippen molar-refractivity contribution >= 4 is 12.6 Å². The first kappa shape index (κ1) is 62.0. The molecule has 0 saturated heterocycles. The first-order valence-electron chi connectivity index (χ1n) is 29.2. The van der Waals surface area contributed by atoms with Crippen LogP contribution >= 0.6 is 0 Å². The summed E-state index contributed by atoms with van der Waals surface area (Å²) >= 11 is 0. The Labute approximate surface area is 511 Å². The molecule has 11 aromatic rings. The smallest absolute Gasteiger partial charge is 0.423 e. The van der Waals surface area contributed by atoms with Gasteiger partial charge in [-0.1, -0.05) is 249 Å². The molecule has 84 heavy (non-hydrogen) atoms. The maximum Gasteiger partial charge on any atom is 0.488 e. The van der Waals surface area contributed by atoms with Crippen LogP contribution in [-0.2, 0) is 30.9 Å². The van der Waals surface area contributed by atoms with E-state index in [0.717, 1.165) is 89.9 Å². The Morgan fingerprint density at radius 3 is 1.18 bits per heavy atom. The van der Waals surface area contributed by atoms with Gasteiger partial charge in [-0.05, 0) is 113 Å². The second-order valence-electron chi connectivity index (χ2n) is 22.7. The summed E-state index contributed by atoms with van der Waals surface area (Å²) in [6.45, 7) is 18.0. The van der Waals surface area contributed by atoms with Crippen molar-refractivity contribution in [2.75, 3.05) is 0 Å². The number of nitrogens with zero attached hydrogens (tertiary/aromatic N) is 6. The standard InChI is InChI=1S/C34H35N3.C34H34N3.C6H7BO2.Ir/c2*1-5-6-22-34(3,4)33-36-35-32(30-19-13-18-28(24-30)26-14-9-7-10-15-26)37(33)31-21-20-29(23-25(31)2)27-16-11-8-12-17-27;8-7(9)6-4-2-1-3-5-6;/h7-21,23-24H,5-6,22H2,1-4H3;7-18,20-21,23-24H,5-6,22H2,1-4H3;1-5,8-9H;/q;-1;;. The molecule has 427 valence electrons. The molecule has 0 amide bonds. The molecule has 0 atom stereocenters. The van der Waals surface area contributed by atoms with E-state index in [0.29, 0.717) is 5.46 Å². The van der Waals surface area contributed by atoms with Gasteiger partial charge in [0.1, 0.15) is 11.6 Å². The van der Waals surface area contributed by atoms with Crippen LogP contribution in [-0.4, -0.2) is 46.7 Å². The number of rotatable bonds is 17. The predicted octanol–water partition coefficient (Wildman–Crippen LogP) is 17.3. The fourth-order valence-corrected chi connectivity index (χ4v) is 10.7. The Bertz CT molecular complexity index is 3600. The minimum Gasteiger partial charge on any atom is -0.423 e. The van der Waals surface area contributed by atoms with Gasteiger partial charge in [-0.2, -0.15) is 5.10 Å². The Morgan fingerprint density at radius 2 is 0.774 bits per heavy atom. The van der Waals surface area contributed by atoms with Crippen LogP contribution in [0.15, 0.2) is 231 Å². The van der Waals surface area contributed by atoms with Gasteiger partial charge in [0.05, 0.1) is 11.5 Å². The Balaban J connectivity index is 0.000000189. The van der Waals surface area contributed by atoms with Gasteiger partial charge in [-0.3, -0.25) is 4.57 Å². The summed E-state index contributed by atoms with van der Waals surface area (Å²) in [5.41, 5.74) is 16.5. The minimum absolute atomic E-state index is 0. The second-order valence-corrected chi connectivity index (χ2v) is 22.7. The number of aromatic nitrogens is 6. The summed E-state index contributed by atoms with van der Waals surface area (Å²) in [6, 6.07) is 82.5. The van der Waals surface area contributed by atoms with Crippen molar-refractivity contribution in [3.8, 4) is 78.7 Å². The fraction of sp³-hybridized carbons (Fsp3) is 0.216. The van der Waals surface area contributed by atoms with E-state index < -0.39 is 7.12 Å². The van der Waals surface area contributed by atoms with Crippen molar-refractivity contribution < 1.29 is 30.2 Å². The molecule has 8 nitrogen and oxygen atoms in total. The largest absolute Gasteiger partial charge is 0.488 e. The Hall–Kier alpha value is -8.11. The van der Waals surface area contributed by atoms with Crippen molar-refractivity contribution in [1.82, 2.24) is 29.5 Å². The number of aryl methyl sites for hydroxylation is 2. The van der Waals surface area contributed by atoms with Gasteiger partial charge in [0, 0.05) is 42.2 Å². The summed E-state index contributed by atoms with van der Waals surface area (Å²) in [4.78, 5) is 0. The number of benzene rings is 9. The third-order valence-corrected chi connectivity index (χ3v) is 15.4. The SMILES string of the molecule is CCCCC(C)(C)c1nnc(-c2[c-]ccc(-c3ccccc3)c2)n1-c1ccc(-c2ccccc2)cc1C.CCCCC(C)(C)c1nnc(-c2cccc(-c3ccccc3)c2)n1-c1ccc(-c2ccccc2)cc1C.OB(O)c1ccccc1.[Ir]. The third-order valence-electron chi connectivity index (χ3n) is 15.4. The van der Waals surface area contributed by atoms with Crippen molar-refractivity contribution in [2.45, 2.75) is 105 Å². The normalized spacial score (nSPS) is 11.2. The molecule has 2 heterocycles. The Morgan fingerprint density at radius 1 is 0.405 bits per heavy atom. The van der Waals surface area contributed by atoms with E-state index in [2.05, 4.69) is 259 Å². The average molecular weight is 1280 g/mol. The van der Waals surface area contributed by atoms with Crippen LogP contribution in [0.1, 0.15) is 103 Å². The van der Waals surface area contributed by atoms with E-state index in [1.54, 1.807) is 24.3 Å². The predicted molar refractivity (Wildman–Crippen MR) is 345 cm³/mol. The summed E-state index contributed by atoms with van der Waals surface area (Å²) < 4.78 is 4.56. The topological polar surface area (TPSA) is 102 Å². The zero-order valence-corrected chi connectivity index (χ0v) is 52.1. The number of unbranched alkanes of at least 4 members (excludes halogenated alkanes) is 2. The van der Waals surface area contributed by atoms with Gasteiger partial charge in [-0.25, -0.2) is 0 Å². The van der Waals surface area contributed by atoms with Crippen LogP contribution in [0.2, 0.25) is 0 Å². The van der Waals surface area contributed by atoms with E-state index in [9.17, 15) is 0 Å². The van der Waals surface area contributed by atoms with Crippen molar-refractivity contribution in [3.05, 3.63) is 259 Å². The van der Waals surface area contributed by atoms with Gasteiger partial charge in [-0.15, -0.1) is 50.7 Å². The first-order valence-corrected chi connectivity index (χ1v) is 29.2. The molecule has 10 heteroatoms. The quantitative estimate of drug-likeness (QED) is 0.0696. The molecule has 2 N–H and O–H groups in total. The maximum atomic E-state index is 8.58. The molecule has 1 radical (unpaired) electrons. The van der Waals surface area contributed by atoms with Gasteiger partial charge in [0.2, 0.25) is 0 Å². The van der Waals surface area contributed by atoms with Crippen molar-refractivity contribution in [1.29, 1.82) is 0 Å². The zero-order chi connectivity index (χ0) is 58.3. The summed E-state index contributed by atoms with van der Waals surface area (Å²) in [5.74, 6) is 3.71. The molecule has 11 rings (SSSR count). The molecular formula is C74H76BIrN6O2-. The number of hydrogen-bond acceptors (Lipinski definition) is 6. The van der Waals surface area contributed by atoms with E-state index >= 15 is 0 Å². The molecular weight excluding hydrogens is 1210 g/mol. The van der Waals surface area contributed by atoms with Crippen LogP contribution in [0.5, 0.6) is 0 Å². The maximum absolute atomic E-state index is 8.58. The first-order chi connectivity index (χ1) is 40.3. The molecule has 0 aliphatic rings. The molecule has 0 saturated carbocycles. The molecule has 9 aromatic carbocycles. The van der Waals surface area contributed by atoms with E-state index in [-0.39, 0.29) is 30.9 Å². The molecule has 0 aliphatic heterocycles. The molecule has 0 bridgehead atoms. The van der Waals surface area contributed by atoms with Crippen molar-refractivity contribution in [3.63, 3.8) is 0 Å². The van der Waals surface area contributed by atoms with Crippen LogP contribution in [0.25, 0.3) is 78.7 Å². The van der Waals surface area contributed by atoms with Crippen LogP contribution in [0.4, 0.5) is 0 Å². The molecule has 2 aromatic heterocycles. The summed E-state index contributed by atoms with van der Waals surface area (Å²) in [5, 5.41) is 36.4. The van der Waals surface area contributed by atoms with Gasteiger partial charge in [0.25, 0.3) is 0 Å². The zero-order valence-electron chi connectivity index (χ0n) is 49.7. The molecule has 0 spiro atoms. The summed E-state index contributed by atoms with van der Waals surface area (Å²) in [6.07, 6.45) is 6.74. The second kappa shape index (κ2) is 28.9. The third kappa shape index (κ3) is 15.0. The Kier molecular flexibility index (Phi) is 21.3. The van der Waals surface area contributed by atoms with Gasteiger partial charge >= 0.3 is 7.12 Å². The van der Waals surface area contributed by atoms with Crippen LogP contribution in [0.3, 0.4) is 0 Å². The minimum atomic E-state index is -1.34. The summed E-state index contributed by atoms with van der Waals surface area (Å²) in [7, 11) is -1.34. The van der Waals surface area contributed by atoms with E-state index in [1.807, 2.05) is 18.2 Å². The van der Waals surface area contributed by atoms with Gasteiger partial charge in [0.15, 0.2) is 5.82 Å². The van der Waals surface area contributed by atoms with Crippen molar-refractivity contribution in [2.24, 2.45) is 0 Å².